The zero-order valence-electron chi connectivity index (χ0n) is 11.5. The van der Waals surface area contributed by atoms with Crippen LogP contribution in [0, 0.1) is 0 Å². The second-order valence-corrected chi connectivity index (χ2v) is 5.30. The number of carbonyl (C=O) groups excluding carboxylic acids is 1. The van der Waals surface area contributed by atoms with E-state index in [4.69, 9.17) is 0 Å². The van der Waals surface area contributed by atoms with Gasteiger partial charge in [-0.25, -0.2) is 0 Å². The van der Waals surface area contributed by atoms with Crippen molar-refractivity contribution in [2.24, 2.45) is 0 Å². The van der Waals surface area contributed by atoms with Gasteiger partial charge in [-0.1, -0.05) is 12.8 Å². The molecule has 0 aliphatic heterocycles. The first-order chi connectivity index (χ1) is 8.59. The van der Waals surface area contributed by atoms with Crippen molar-refractivity contribution < 1.29 is 4.79 Å². The van der Waals surface area contributed by atoms with Crippen LogP contribution in [0.4, 0.5) is 5.69 Å². The number of hydrogen-bond donors (Lipinski definition) is 0. The van der Waals surface area contributed by atoms with Crippen molar-refractivity contribution in [2.75, 3.05) is 26.0 Å². The number of nitrogens with zero attached hydrogens (tertiary/aromatic N) is 2. The fourth-order valence-corrected chi connectivity index (χ4v) is 2.56. The monoisotopic (exact) mass is 246 g/mol. The van der Waals surface area contributed by atoms with Crippen LogP contribution in [0.15, 0.2) is 24.3 Å². The van der Waals surface area contributed by atoms with Crippen LogP contribution in [0.2, 0.25) is 0 Å². The summed E-state index contributed by atoms with van der Waals surface area (Å²) in [4.78, 5) is 16.3. The van der Waals surface area contributed by atoms with Gasteiger partial charge < -0.3 is 9.80 Å². The lowest BCUT2D eigenvalue weighted by Crippen LogP contribution is -2.35. The van der Waals surface area contributed by atoms with Crippen LogP contribution in [0.25, 0.3) is 0 Å². The Kier molecular flexibility index (Phi) is 3.90. The maximum Gasteiger partial charge on any atom is 0.253 e. The smallest absolute Gasteiger partial charge is 0.253 e. The van der Waals surface area contributed by atoms with Gasteiger partial charge in [-0.2, -0.15) is 0 Å². The molecule has 1 aliphatic carbocycles. The fourth-order valence-electron chi connectivity index (χ4n) is 2.56. The minimum Gasteiger partial charge on any atom is -0.378 e. The molecule has 1 aromatic carbocycles. The van der Waals surface area contributed by atoms with Gasteiger partial charge in [0.15, 0.2) is 0 Å². The molecule has 0 unspecified atom stereocenters. The number of anilines is 1. The summed E-state index contributed by atoms with van der Waals surface area (Å²) in [7, 11) is 5.93. The molecule has 3 nitrogen and oxygen atoms in total. The maximum atomic E-state index is 12.3. The molecule has 1 aliphatic rings. The summed E-state index contributed by atoms with van der Waals surface area (Å²) in [6, 6.07) is 8.27. The molecule has 3 heteroatoms. The molecule has 0 N–H and O–H groups in total. The highest BCUT2D eigenvalue weighted by Gasteiger charge is 2.23. The lowest BCUT2D eigenvalue weighted by Gasteiger charge is -2.24. The second-order valence-electron chi connectivity index (χ2n) is 5.30. The third-order valence-electron chi connectivity index (χ3n) is 3.82. The van der Waals surface area contributed by atoms with Gasteiger partial charge in [-0.15, -0.1) is 0 Å². The van der Waals surface area contributed by atoms with Gasteiger partial charge in [-0.3, -0.25) is 4.79 Å². The summed E-state index contributed by atoms with van der Waals surface area (Å²) in [5, 5.41) is 0. The summed E-state index contributed by atoms with van der Waals surface area (Å²) in [5.41, 5.74) is 1.91. The highest BCUT2D eigenvalue weighted by Crippen LogP contribution is 2.24. The molecule has 1 saturated carbocycles. The van der Waals surface area contributed by atoms with Crippen molar-refractivity contribution in [1.82, 2.24) is 4.90 Å². The molecule has 0 spiro atoms. The van der Waals surface area contributed by atoms with Crippen molar-refractivity contribution in [1.29, 1.82) is 0 Å². The summed E-state index contributed by atoms with van der Waals surface area (Å²) >= 11 is 0. The predicted molar refractivity (Wildman–Crippen MR) is 75.1 cm³/mol. The SMILES string of the molecule is CN(C)c1ccc(C(=O)N(C)C2CCCC2)cc1. The highest BCUT2D eigenvalue weighted by atomic mass is 16.2. The van der Waals surface area contributed by atoms with Gasteiger partial charge in [0.2, 0.25) is 0 Å². The lowest BCUT2D eigenvalue weighted by molar-refractivity contribution is 0.0735. The Hall–Kier alpha value is -1.51. The van der Waals surface area contributed by atoms with Crippen LogP contribution in [0.1, 0.15) is 36.0 Å². The average molecular weight is 246 g/mol. The molecule has 98 valence electrons. The van der Waals surface area contributed by atoms with Crippen molar-refractivity contribution in [3.8, 4) is 0 Å². The Balaban J connectivity index is 2.08. The summed E-state index contributed by atoms with van der Waals surface area (Å²) in [5.74, 6) is 0.146. The van der Waals surface area contributed by atoms with Crippen LogP contribution in [0.3, 0.4) is 0 Å². The molecule has 0 aromatic heterocycles. The maximum absolute atomic E-state index is 12.3. The normalized spacial score (nSPS) is 15.7. The Morgan fingerprint density at radius 2 is 1.61 bits per heavy atom. The van der Waals surface area contributed by atoms with E-state index in [2.05, 4.69) is 0 Å². The molecule has 1 aromatic rings. The predicted octanol–water partition coefficient (Wildman–Crippen LogP) is 2.77. The van der Waals surface area contributed by atoms with Crippen LogP contribution in [-0.2, 0) is 0 Å². The summed E-state index contributed by atoms with van der Waals surface area (Å²) in [6.07, 6.45) is 4.81. The molecule has 0 bridgehead atoms. The number of rotatable bonds is 3. The first kappa shape index (κ1) is 12.9. The van der Waals surface area contributed by atoms with Gasteiger partial charge >= 0.3 is 0 Å². The van der Waals surface area contributed by atoms with Crippen molar-refractivity contribution >= 4 is 11.6 Å². The zero-order valence-corrected chi connectivity index (χ0v) is 11.5. The Labute approximate surface area is 109 Å². The third-order valence-corrected chi connectivity index (χ3v) is 3.82. The van der Waals surface area contributed by atoms with Gasteiger partial charge in [0.1, 0.15) is 0 Å². The molecule has 1 amide bonds. The quantitative estimate of drug-likeness (QED) is 0.818. The highest BCUT2D eigenvalue weighted by molar-refractivity contribution is 5.94. The minimum atomic E-state index is 0.146. The van der Waals surface area contributed by atoms with E-state index >= 15 is 0 Å². The number of benzene rings is 1. The average Bonchev–Trinajstić information content (AvgIpc) is 2.91. The van der Waals surface area contributed by atoms with Crippen LogP contribution >= 0.6 is 0 Å². The molecule has 0 atom stereocenters. The lowest BCUT2D eigenvalue weighted by atomic mass is 10.1. The first-order valence-corrected chi connectivity index (χ1v) is 6.64. The Morgan fingerprint density at radius 3 is 2.11 bits per heavy atom. The Bertz CT molecular complexity index is 405. The van der Waals surface area contributed by atoms with E-state index < -0.39 is 0 Å². The van der Waals surface area contributed by atoms with Crippen molar-refractivity contribution in [3.05, 3.63) is 29.8 Å². The van der Waals surface area contributed by atoms with Crippen LogP contribution in [-0.4, -0.2) is 38.0 Å². The zero-order chi connectivity index (χ0) is 13.1. The van der Waals surface area contributed by atoms with Gasteiger partial charge in [0.25, 0.3) is 5.91 Å². The summed E-state index contributed by atoms with van der Waals surface area (Å²) in [6.45, 7) is 0. The molecule has 18 heavy (non-hydrogen) atoms. The van der Waals surface area contributed by atoms with E-state index in [9.17, 15) is 4.79 Å². The van der Waals surface area contributed by atoms with Gasteiger partial charge in [0, 0.05) is 38.4 Å². The molecule has 0 radical (unpaired) electrons. The number of hydrogen-bond acceptors (Lipinski definition) is 2. The van der Waals surface area contributed by atoms with E-state index in [0.29, 0.717) is 6.04 Å². The van der Waals surface area contributed by atoms with Gasteiger partial charge in [0.05, 0.1) is 0 Å². The first-order valence-electron chi connectivity index (χ1n) is 6.64. The molecular formula is C15H22N2O. The van der Waals surface area contributed by atoms with E-state index in [1.54, 1.807) is 0 Å². The molecular weight excluding hydrogens is 224 g/mol. The van der Waals surface area contributed by atoms with Crippen LogP contribution < -0.4 is 4.90 Å². The van der Waals surface area contributed by atoms with E-state index in [1.165, 1.54) is 12.8 Å². The second kappa shape index (κ2) is 5.42. The largest absolute Gasteiger partial charge is 0.378 e. The minimum absolute atomic E-state index is 0.146. The van der Waals surface area contributed by atoms with Crippen molar-refractivity contribution in [3.63, 3.8) is 0 Å². The van der Waals surface area contributed by atoms with E-state index in [1.807, 2.05) is 55.2 Å². The van der Waals surface area contributed by atoms with E-state index in [0.717, 1.165) is 24.1 Å². The number of amides is 1. The molecule has 1 fully saturated rings. The molecule has 0 saturated heterocycles. The topological polar surface area (TPSA) is 23.6 Å². The standard InChI is InChI=1S/C15H22N2O/c1-16(2)13-10-8-12(9-11-13)15(18)17(3)14-6-4-5-7-14/h8-11,14H,4-7H2,1-3H3. The molecule has 2 rings (SSSR count). The summed E-state index contributed by atoms with van der Waals surface area (Å²) < 4.78 is 0. The number of carbonyl (C=O) groups is 1. The third kappa shape index (κ3) is 2.66. The fraction of sp³-hybridized carbons (Fsp3) is 0.533. The van der Waals surface area contributed by atoms with Crippen LogP contribution in [0.5, 0.6) is 0 Å². The molecule has 0 heterocycles. The van der Waals surface area contributed by atoms with Gasteiger partial charge in [-0.05, 0) is 37.1 Å². The van der Waals surface area contributed by atoms with Crippen molar-refractivity contribution in [2.45, 2.75) is 31.7 Å². The Morgan fingerprint density at radius 1 is 1.06 bits per heavy atom. The van der Waals surface area contributed by atoms with E-state index in [-0.39, 0.29) is 5.91 Å².